The molecule has 0 saturated carbocycles. The molecule has 4 heteroatoms. The Morgan fingerprint density at radius 3 is 2.57 bits per heavy atom. The smallest absolute Gasteiger partial charge is 0.139 e. The van der Waals surface area contributed by atoms with Crippen molar-refractivity contribution in [2.75, 3.05) is 11.9 Å². The molecule has 1 aliphatic rings. The third-order valence-electron chi connectivity index (χ3n) is 4.05. The number of nitrogens with zero attached hydrogens (tertiary/aromatic N) is 4. The van der Waals surface area contributed by atoms with Crippen LogP contribution in [0.5, 0.6) is 0 Å². The van der Waals surface area contributed by atoms with Gasteiger partial charge in [-0.15, -0.1) is 0 Å². The lowest BCUT2D eigenvalue weighted by molar-refractivity contribution is 0.708. The summed E-state index contributed by atoms with van der Waals surface area (Å²) in [4.78, 5) is 11.1. The van der Waals surface area contributed by atoms with Crippen molar-refractivity contribution in [2.24, 2.45) is 0 Å². The van der Waals surface area contributed by atoms with Crippen LogP contribution in [-0.4, -0.2) is 17.0 Å². The molecule has 0 unspecified atom stereocenters. The lowest BCUT2D eigenvalue weighted by atomic mass is 10.1. The van der Waals surface area contributed by atoms with Gasteiger partial charge in [-0.1, -0.05) is 6.42 Å². The predicted octanol–water partition coefficient (Wildman–Crippen LogP) is 3.39. The number of fused-ring (bicyclic) bond motifs is 1. The average Bonchev–Trinajstić information content (AvgIpc) is 2.79. The summed E-state index contributed by atoms with van der Waals surface area (Å²) in [6.07, 6.45) is 7.44. The molecule has 4 nitrogen and oxygen atoms in total. The fourth-order valence-corrected chi connectivity index (χ4v) is 2.85. The van der Waals surface area contributed by atoms with Crippen molar-refractivity contribution in [1.29, 1.82) is 5.26 Å². The van der Waals surface area contributed by atoms with Gasteiger partial charge in [0.05, 0.1) is 11.6 Å². The van der Waals surface area contributed by atoms with Gasteiger partial charge in [-0.3, -0.25) is 0 Å². The quantitative estimate of drug-likeness (QED) is 0.790. The Bertz CT molecular complexity index is 670. The van der Waals surface area contributed by atoms with Crippen molar-refractivity contribution in [3.05, 3.63) is 47.4 Å². The molecule has 0 amide bonds. The molecule has 0 atom stereocenters. The van der Waals surface area contributed by atoms with Crippen molar-refractivity contribution in [1.82, 2.24) is 9.97 Å². The third kappa shape index (κ3) is 2.73. The molecule has 0 spiro atoms. The van der Waals surface area contributed by atoms with E-state index in [9.17, 15) is 0 Å². The number of hydrogen-bond acceptors (Lipinski definition) is 4. The second-order valence-corrected chi connectivity index (χ2v) is 5.40. The topological polar surface area (TPSA) is 52.8 Å². The highest BCUT2D eigenvalue weighted by Crippen LogP contribution is 2.30. The second-order valence-electron chi connectivity index (χ2n) is 5.40. The zero-order valence-corrected chi connectivity index (χ0v) is 12.2. The molecule has 1 aliphatic carbocycles. The van der Waals surface area contributed by atoms with E-state index in [4.69, 9.17) is 5.26 Å². The molecule has 0 bridgehead atoms. The minimum Gasteiger partial charge on any atom is -0.329 e. The monoisotopic (exact) mass is 278 g/mol. The fraction of sp³-hybridized carbons (Fsp3) is 0.353. The molecule has 0 saturated heterocycles. The lowest BCUT2D eigenvalue weighted by Crippen LogP contribution is -2.15. The number of rotatable bonds is 2. The molecule has 0 radical (unpaired) electrons. The number of nitriles is 1. The first-order valence-corrected chi connectivity index (χ1v) is 7.36. The Kier molecular flexibility index (Phi) is 3.83. The van der Waals surface area contributed by atoms with Crippen LogP contribution in [0.2, 0.25) is 0 Å². The zero-order chi connectivity index (χ0) is 14.7. The van der Waals surface area contributed by atoms with Crippen molar-refractivity contribution in [3.63, 3.8) is 0 Å². The van der Waals surface area contributed by atoms with Crippen LogP contribution >= 0.6 is 0 Å². The van der Waals surface area contributed by atoms with Gasteiger partial charge < -0.3 is 4.90 Å². The molecule has 2 aromatic rings. The van der Waals surface area contributed by atoms with E-state index in [2.05, 4.69) is 20.9 Å². The maximum Gasteiger partial charge on any atom is 0.139 e. The lowest BCUT2D eigenvalue weighted by Gasteiger charge is -2.22. The van der Waals surface area contributed by atoms with E-state index in [1.165, 1.54) is 30.5 Å². The van der Waals surface area contributed by atoms with E-state index in [0.29, 0.717) is 5.56 Å². The standard InChI is InChI=1S/C17H18N4/c1-21(14-9-7-13(11-18)8-10-14)17-15-5-3-2-4-6-16(15)19-12-20-17/h7-10,12H,2-6H2,1H3. The summed E-state index contributed by atoms with van der Waals surface area (Å²) < 4.78 is 0. The first-order valence-electron chi connectivity index (χ1n) is 7.36. The Hall–Kier alpha value is -2.41. The molecule has 0 aliphatic heterocycles. The Morgan fingerprint density at radius 2 is 1.81 bits per heavy atom. The van der Waals surface area contributed by atoms with Crippen LogP contribution in [0.25, 0.3) is 0 Å². The summed E-state index contributed by atoms with van der Waals surface area (Å²) in [5.41, 5.74) is 4.19. The Labute approximate surface area is 125 Å². The highest BCUT2D eigenvalue weighted by Gasteiger charge is 2.17. The van der Waals surface area contributed by atoms with E-state index in [0.717, 1.165) is 24.3 Å². The van der Waals surface area contributed by atoms with E-state index >= 15 is 0 Å². The van der Waals surface area contributed by atoms with Crippen LogP contribution < -0.4 is 4.90 Å². The van der Waals surface area contributed by atoms with Crippen LogP contribution in [0.3, 0.4) is 0 Å². The summed E-state index contributed by atoms with van der Waals surface area (Å²) in [7, 11) is 2.02. The molecular weight excluding hydrogens is 260 g/mol. The normalized spacial score (nSPS) is 13.9. The minimum absolute atomic E-state index is 0.675. The van der Waals surface area contributed by atoms with Crippen molar-refractivity contribution < 1.29 is 0 Å². The molecule has 1 heterocycles. The number of aryl methyl sites for hydroxylation is 1. The summed E-state index contributed by atoms with van der Waals surface area (Å²) in [6, 6.07) is 9.75. The fourth-order valence-electron chi connectivity index (χ4n) is 2.85. The van der Waals surface area contributed by atoms with Gasteiger partial charge >= 0.3 is 0 Å². The second kappa shape index (κ2) is 5.92. The minimum atomic E-state index is 0.675. The average molecular weight is 278 g/mol. The summed E-state index contributed by atoms with van der Waals surface area (Å²) >= 11 is 0. The van der Waals surface area contributed by atoms with Crippen LogP contribution in [0.1, 0.15) is 36.1 Å². The number of hydrogen-bond donors (Lipinski definition) is 0. The highest BCUT2D eigenvalue weighted by molar-refractivity contribution is 5.63. The third-order valence-corrected chi connectivity index (χ3v) is 4.05. The molecular formula is C17H18N4. The SMILES string of the molecule is CN(c1ccc(C#N)cc1)c1ncnc2c1CCCCC2. The number of aromatic nitrogens is 2. The molecule has 1 aromatic carbocycles. The van der Waals surface area contributed by atoms with Gasteiger partial charge in [0.1, 0.15) is 12.1 Å². The van der Waals surface area contributed by atoms with E-state index in [1.54, 1.807) is 6.33 Å². The Balaban J connectivity index is 1.97. The first kappa shape index (κ1) is 13.6. The van der Waals surface area contributed by atoms with E-state index in [1.807, 2.05) is 31.3 Å². The van der Waals surface area contributed by atoms with Crippen molar-refractivity contribution >= 4 is 11.5 Å². The Morgan fingerprint density at radius 1 is 1.05 bits per heavy atom. The van der Waals surface area contributed by atoms with Gasteiger partial charge in [0.25, 0.3) is 0 Å². The largest absolute Gasteiger partial charge is 0.329 e. The highest BCUT2D eigenvalue weighted by atomic mass is 15.2. The molecule has 1 aromatic heterocycles. The van der Waals surface area contributed by atoms with Crippen molar-refractivity contribution in [3.8, 4) is 6.07 Å². The van der Waals surface area contributed by atoms with E-state index in [-0.39, 0.29) is 0 Å². The van der Waals surface area contributed by atoms with Gasteiger partial charge in [0, 0.05) is 24.0 Å². The molecule has 0 fully saturated rings. The van der Waals surface area contributed by atoms with Gasteiger partial charge in [0.15, 0.2) is 0 Å². The van der Waals surface area contributed by atoms with Crippen LogP contribution in [-0.2, 0) is 12.8 Å². The number of benzene rings is 1. The zero-order valence-electron chi connectivity index (χ0n) is 12.2. The van der Waals surface area contributed by atoms with Gasteiger partial charge in [-0.25, -0.2) is 9.97 Å². The summed E-state index contributed by atoms with van der Waals surface area (Å²) in [5.74, 6) is 0.992. The predicted molar refractivity (Wildman–Crippen MR) is 82.5 cm³/mol. The van der Waals surface area contributed by atoms with Crippen LogP contribution in [0.4, 0.5) is 11.5 Å². The van der Waals surface area contributed by atoms with E-state index < -0.39 is 0 Å². The maximum absolute atomic E-state index is 8.89. The first-order chi connectivity index (χ1) is 10.3. The van der Waals surface area contributed by atoms with Crippen molar-refractivity contribution in [2.45, 2.75) is 32.1 Å². The van der Waals surface area contributed by atoms with Gasteiger partial charge in [-0.2, -0.15) is 5.26 Å². The maximum atomic E-state index is 8.89. The van der Waals surface area contributed by atoms with Crippen LogP contribution in [0.15, 0.2) is 30.6 Å². The molecule has 0 N–H and O–H groups in total. The van der Waals surface area contributed by atoms with Gasteiger partial charge in [-0.05, 0) is 49.9 Å². The molecule has 106 valence electrons. The summed E-state index contributed by atoms with van der Waals surface area (Å²) in [5, 5.41) is 8.89. The molecule has 3 rings (SSSR count). The van der Waals surface area contributed by atoms with Gasteiger partial charge in [0.2, 0.25) is 0 Å². The molecule has 21 heavy (non-hydrogen) atoms. The number of anilines is 2. The summed E-state index contributed by atoms with van der Waals surface area (Å²) in [6.45, 7) is 0. The van der Waals surface area contributed by atoms with Crippen LogP contribution in [0, 0.1) is 11.3 Å².